The van der Waals surface area contributed by atoms with Crippen LogP contribution in [0.25, 0.3) is 0 Å². The number of ether oxygens (including phenoxy) is 1. The van der Waals surface area contributed by atoms with Crippen LogP contribution >= 0.6 is 0 Å². The van der Waals surface area contributed by atoms with E-state index in [1.54, 1.807) is 0 Å². The van der Waals surface area contributed by atoms with Crippen molar-refractivity contribution in [1.29, 1.82) is 0 Å². The van der Waals surface area contributed by atoms with E-state index in [1.165, 1.54) is 69.5 Å². The average Bonchev–Trinajstić information content (AvgIpc) is 2.92. The van der Waals surface area contributed by atoms with Gasteiger partial charge in [-0.3, -0.25) is 14.4 Å². The second kappa shape index (κ2) is 14.4. The highest BCUT2D eigenvalue weighted by molar-refractivity contribution is 5.91. The van der Waals surface area contributed by atoms with Crippen LogP contribution in [0, 0.1) is 11.7 Å². The van der Waals surface area contributed by atoms with Crippen LogP contribution in [0.1, 0.15) is 31.0 Å². The smallest absolute Gasteiger partial charge is 0.405 e. The molecular weight excluding hydrogens is 574 g/mol. The number of alkyl halides is 5. The second-order valence-electron chi connectivity index (χ2n) is 9.80. The molecule has 0 saturated heterocycles. The Kier molecular flexibility index (Phi) is 11.7. The van der Waals surface area contributed by atoms with Crippen molar-refractivity contribution in [3.63, 3.8) is 0 Å². The number of amides is 3. The van der Waals surface area contributed by atoms with Crippen molar-refractivity contribution in [3.05, 3.63) is 65.5 Å². The molecule has 9 nitrogen and oxygen atoms in total. The normalized spacial score (nSPS) is 14.9. The molecule has 0 aliphatic carbocycles. The number of methoxy groups -OCH3 is 1. The molecule has 4 atom stereocenters. The zero-order valence-corrected chi connectivity index (χ0v) is 22.8. The topological polar surface area (TPSA) is 143 Å². The van der Waals surface area contributed by atoms with Gasteiger partial charge in [-0.1, -0.05) is 38.1 Å². The summed E-state index contributed by atoms with van der Waals surface area (Å²) in [7, 11) is 1.38. The molecule has 0 heterocycles. The Labute approximate surface area is 237 Å². The summed E-state index contributed by atoms with van der Waals surface area (Å²) in [6.45, 7) is 0.565. The lowest BCUT2D eigenvalue weighted by Crippen LogP contribution is -2.60. The van der Waals surface area contributed by atoms with Crippen molar-refractivity contribution in [2.45, 2.75) is 56.6 Å². The van der Waals surface area contributed by atoms with Gasteiger partial charge in [0.25, 0.3) is 5.91 Å². The van der Waals surface area contributed by atoms with E-state index in [2.05, 4.69) is 10.6 Å². The van der Waals surface area contributed by atoms with Crippen LogP contribution in [0.3, 0.4) is 0 Å². The fourth-order valence-corrected chi connectivity index (χ4v) is 3.87. The minimum atomic E-state index is -4.98. The Bertz CT molecular complexity index is 1230. The van der Waals surface area contributed by atoms with Gasteiger partial charge >= 0.3 is 12.1 Å². The van der Waals surface area contributed by atoms with Gasteiger partial charge in [-0.05, 0) is 47.7 Å². The predicted octanol–water partition coefficient (Wildman–Crippen LogP) is 2.38. The number of hydrogen-bond donors (Lipinski definition) is 5. The lowest BCUT2D eigenvalue weighted by Gasteiger charge is -2.33. The third-order valence-electron chi connectivity index (χ3n) is 6.17. The van der Waals surface area contributed by atoms with Gasteiger partial charge in [0.2, 0.25) is 11.8 Å². The van der Waals surface area contributed by atoms with E-state index >= 15 is 0 Å². The third-order valence-corrected chi connectivity index (χ3v) is 6.17. The third kappa shape index (κ3) is 9.62. The molecule has 0 aliphatic heterocycles. The Morgan fingerprint density at radius 2 is 1.60 bits per heavy atom. The molecule has 0 unspecified atom stereocenters. The lowest BCUT2D eigenvalue weighted by atomic mass is 9.93. The van der Waals surface area contributed by atoms with Crippen LogP contribution in [-0.4, -0.2) is 66.8 Å². The monoisotopic (exact) mass is 606 g/mol. The van der Waals surface area contributed by atoms with E-state index in [-0.39, 0.29) is 12.0 Å². The second-order valence-corrected chi connectivity index (χ2v) is 9.80. The molecule has 0 radical (unpaired) electrons. The van der Waals surface area contributed by atoms with Crippen LogP contribution in [0.15, 0.2) is 48.5 Å². The van der Waals surface area contributed by atoms with Crippen molar-refractivity contribution in [1.82, 2.24) is 16.0 Å². The van der Waals surface area contributed by atoms with Crippen LogP contribution in [0.5, 0.6) is 5.75 Å². The molecule has 2 aromatic rings. The number of halogens is 6. The summed E-state index contributed by atoms with van der Waals surface area (Å²) in [6, 6.07) is 6.29. The maximum absolute atomic E-state index is 14.7. The van der Waals surface area contributed by atoms with Gasteiger partial charge in [0.15, 0.2) is 0 Å². The zero-order chi connectivity index (χ0) is 31.8. The van der Waals surface area contributed by atoms with Crippen LogP contribution in [0.2, 0.25) is 0 Å². The fraction of sp³-hybridized carbons (Fsp3) is 0.444. The van der Waals surface area contributed by atoms with Gasteiger partial charge in [0.1, 0.15) is 30.3 Å². The van der Waals surface area contributed by atoms with Gasteiger partial charge in [-0.25, -0.2) is 4.39 Å². The first kappa shape index (κ1) is 34.4. The first-order valence-corrected chi connectivity index (χ1v) is 12.6. The lowest BCUT2D eigenvalue weighted by molar-refractivity contribution is -0.175. The molecule has 0 bridgehead atoms. The molecule has 0 fully saturated rings. The minimum absolute atomic E-state index is 0.118. The predicted molar refractivity (Wildman–Crippen MR) is 139 cm³/mol. The molecule has 3 amide bonds. The molecule has 2 rings (SSSR count). The molecular formula is C27H32F6N4O5. The summed E-state index contributed by atoms with van der Waals surface area (Å²) in [4.78, 5) is 38.2. The van der Waals surface area contributed by atoms with Crippen molar-refractivity contribution in [2.24, 2.45) is 11.7 Å². The minimum Gasteiger partial charge on any atom is -0.497 e. The molecule has 0 saturated carbocycles. The summed E-state index contributed by atoms with van der Waals surface area (Å²) >= 11 is 0. The Hall–Kier alpha value is -3.85. The van der Waals surface area contributed by atoms with Gasteiger partial charge < -0.3 is 31.5 Å². The van der Waals surface area contributed by atoms with Gasteiger partial charge in [-0.2, -0.15) is 22.0 Å². The SMILES string of the molecule is COc1ccc([C@H](NC(=O)[C@@H](N)Cc2cccc(F)c2)C(=O)N[C@@H](C(C)C)[C@@H](O)C(F)(F)C(=O)NCC(F)(F)F)cc1. The van der Waals surface area contributed by atoms with E-state index in [9.17, 15) is 45.8 Å². The zero-order valence-electron chi connectivity index (χ0n) is 22.8. The highest BCUT2D eigenvalue weighted by Crippen LogP contribution is 2.27. The number of carbonyl (C=O) groups excluding carboxylic acids is 3. The van der Waals surface area contributed by atoms with E-state index in [4.69, 9.17) is 10.5 Å². The molecule has 0 spiro atoms. The molecule has 0 aliphatic rings. The molecule has 2 aromatic carbocycles. The maximum Gasteiger partial charge on any atom is 0.405 e. The van der Waals surface area contributed by atoms with Crippen LogP contribution < -0.4 is 26.4 Å². The number of benzene rings is 2. The summed E-state index contributed by atoms with van der Waals surface area (Å²) in [5, 5.41) is 16.0. The molecule has 232 valence electrons. The van der Waals surface area contributed by atoms with Gasteiger partial charge in [0.05, 0.1) is 19.2 Å². The Morgan fingerprint density at radius 1 is 0.976 bits per heavy atom. The highest BCUT2D eigenvalue weighted by Gasteiger charge is 2.52. The number of carbonyl (C=O) groups is 3. The average molecular weight is 607 g/mol. The van der Waals surface area contributed by atoms with Crippen LogP contribution in [0.4, 0.5) is 26.3 Å². The van der Waals surface area contributed by atoms with Gasteiger partial charge in [0, 0.05) is 0 Å². The summed E-state index contributed by atoms with van der Waals surface area (Å²) in [6.07, 6.45) is -8.05. The maximum atomic E-state index is 14.7. The number of aliphatic hydroxyl groups excluding tert-OH is 1. The van der Waals surface area contributed by atoms with Gasteiger partial charge in [-0.15, -0.1) is 0 Å². The molecule has 0 aromatic heterocycles. The van der Waals surface area contributed by atoms with E-state index in [1.807, 2.05) is 0 Å². The molecule has 15 heteroatoms. The largest absolute Gasteiger partial charge is 0.497 e. The first-order chi connectivity index (χ1) is 19.5. The number of aliphatic hydroxyl groups is 1. The Morgan fingerprint density at radius 3 is 2.12 bits per heavy atom. The Balaban J connectivity index is 2.30. The van der Waals surface area contributed by atoms with Crippen molar-refractivity contribution in [2.75, 3.05) is 13.7 Å². The summed E-state index contributed by atoms with van der Waals surface area (Å²) in [5.41, 5.74) is 6.50. The first-order valence-electron chi connectivity index (χ1n) is 12.6. The molecule has 42 heavy (non-hydrogen) atoms. The number of nitrogens with two attached hydrogens (primary N) is 1. The quantitative estimate of drug-likeness (QED) is 0.222. The van der Waals surface area contributed by atoms with Crippen LogP contribution in [-0.2, 0) is 20.8 Å². The van der Waals surface area contributed by atoms with Crippen molar-refractivity contribution in [3.8, 4) is 5.75 Å². The summed E-state index contributed by atoms with van der Waals surface area (Å²) in [5.74, 6) is -10.2. The summed E-state index contributed by atoms with van der Waals surface area (Å²) < 4.78 is 85.3. The standard InChI is InChI=1S/C27H32F6N4O5/c1-14(2)20(22(38)27(32,33)25(41)35-13-26(29,30)31)36-24(40)21(16-7-9-18(42-3)10-8-16)37-23(39)19(34)12-15-5-4-6-17(28)11-15/h4-11,14,19-22,38H,12-13,34H2,1-3H3,(H,35,41)(H,36,40)(H,37,39)/t19-,20-,21-,22+/m0/s1. The van der Waals surface area contributed by atoms with E-state index in [0.717, 1.165) is 5.32 Å². The molecule has 6 N–H and O–H groups in total. The fourth-order valence-electron chi connectivity index (χ4n) is 3.87. The number of hydrogen-bond acceptors (Lipinski definition) is 6. The number of rotatable bonds is 13. The highest BCUT2D eigenvalue weighted by atomic mass is 19.4. The number of nitrogens with one attached hydrogen (secondary N) is 3. The van der Waals surface area contributed by atoms with Crippen molar-refractivity contribution >= 4 is 17.7 Å². The van der Waals surface area contributed by atoms with E-state index in [0.29, 0.717) is 11.3 Å². The van der Waals surface area contributed by atoms with Crippen molar-refractivity contribution < 1.29 is 50.6 Å². The van der Waals surface area contributed by atoms with E-state index < -0.39 is 72.3 Å².